The third-order valence-electron chi connectivity index (χ3n) is 3.73. The molecule has 2 aromatic rings. The molecule has 2 aliphatic rings. The summed E-state index contributed by atoms with van der Waals surface area (Å²) in [6, 6.07) is 2.65. The summed E-state index contributed by atoms with van der Waals surface area (Å²) in [7, 11) is 0. The van der Waals surface area contributed by atoms with Gasteiger partial charge in [-0.1, -0.05) is 0 Å². The molecule has 2 saturated carbocycles. The second kappa shape index (κ2) is 2.63. The maximum Gasteiger partial charge on any atom is 0.160 e. The Balaban J connectivity index is 1.97. The van der Waals surface area contributed by atoms with Crippen molar-refractivity contribution in [1.29, 1.82) is 0 Å². The molecule has 0 unspecified atom stereocenters. The number of nitrogens with zero attached hydrogens (tertiary/aromatic N) is 3. The Bertz CT molecular complexity index is 563. The molecule has 4 heteroatoms. The predicted octanol–water partition coefficient (Wildman–Crippen LogP) is 1.71. The molecule has 2 N–H and O–H groups in total. The quantitative estimate of drug-likeness (QED) is 0.828. The SMILES string of the molecule is NC1(c2ccnc3c2ncn3C2CC2)CC1. The van der Waals surface area contributed by atoms with E-state index in [1.54, 1.807) is 0 Å². The van der Waals surface area contributed by atoms with Crippen molar-refractivity contribution in [3.63, 3.8) is 0 Å². The lowest BCUT2D eigenvalue weighted by Gasteiger charge is -2.09. The lowest BCUT2D eigenvalue weighted by Crippen LogP contribution is -2.19. The van der Waals surface area contributed by atoms with E-state index in [1.807, 2.05) is 18.6 Å². The van der Waals surface area contributed by atoms with Gasteiger partial charge >= 0.3 is 0 Å². The molecular weight excluding hydrogens is 200 g/mol. The van der Waals surface area contributed by atoms with Crippen molar-refractivity contribution < 1.29 is 0 Å². The maximum absolute atomic E-state index is 6.26. The predicted molar refractivity (Wildman–Crippen MR) is 60.9 cm³/mol. The van der Waals surface area contributed by atoms with Gasteiger partial charge in [0.2, 0.25) is 0 Å². The van der Waals surface area contributed by atoms with E-state index >= 15 is 0 Å². The largest absolute Gasteiger partial charge is 0.321 e. The second-order valence-corrected chi connectivity index (χ2v) is 5.07. The molecule has 0 amide bonds. The van der Waals surface area contributed by atoms with E-state index in [9.17, 15) is 0 Å². The molecule has 0 atom stereocenters. The zero-order valence-electron chi connectivity index (χ0n) is 9.06. The Hall–Kier alpha value is -1.42. The molecule has 82 valence electrons. The smallest absolute Gasteiger partial charge is 0.160 e. The van der Waals surface area contributed by atoms with Gasteiger partial charge in [0.1, 0.15) is 5.52 Å². The molecule has 2 aromatic heterocycles. The summed E-state index contributed by atoms with van der Waals surface area (Å²) in [5.74, 6) is 0. The van der Waals surface area contributed by atoms with Gasteiger partial charge in [-0.05, 0) is 31.7 Å². The van der Waals surface area contributed by atoms with Gasteiger partial charge in [-0.15, -0.1) is 0 Å². The lowest BCUT2D eigenvalue weighted by molar-refractivity contribution is 0.742. The molecule has 2 heterocycles. The summed E-state index contributed by atoms with van der Waals surface area (Å²) in [6.45, 7) is 0. The van der Waals surface area contributed by atoms with Gasteiger partial charge in [0.05, 0.1) is 6.33 Å². The molecule has 4 rings (SSSR count). The van der Waals surface area contributed by atoms with Crippen molar-refractivity contribution >= 4 is 11.2 Å². The van der Waals surface area contributed by atoms with Crippen molar-refractivity contribution in [3.8, 4) is 0 Å². The number of hydrogen-bond acceptors (Lipinski definition) is 3. The van der Waals surface area contributed by atoms with Crippen LogP contribution in [0.2, 0.25) is 0 Å². The highest BCUT2D eigenvalue weighted by Gasteiger charge is 2.42. The number of hydrogen-bond donors (Lipinski definition) is 1. The normalized spacial score (nSPS) is 22.6. The monoisotopic (exact) mass is 214 g/mol. The van der Waals surface area contributed by atoms with Gasteiger partial charge in [-0.25, -0.2) is 9.97 Å². The standard InChI is InChI=1S/C12H14N4/c13-12(4-5-12)9-3-6-14-11-10(9)15-7-16(11)8-1-2-8/h3,6-8H,1-2,4-5,13H2. The summed E-state index contributed by atoms with van der Waals surface area (Å²) in [6.07, 6.45) is 8.44. The van der Waals surface area contributed by atoms with Crippen LogP contribution in [-0.4, -0.2) is 14.5 Å². The van der Waals surface area contributed by atoms with Crippen molar-refractivity contribution in [2.75, 3.05) is 0 Å². The molecule has 0 saturated heterocycles. The van der Waals surface area contributed by atoms with E-state index < -0.39 is 0 Å². The van der Waals surface area contributed by atoms with Crippen LogP contribution in [0.1, 0.15) is 37.3 Å². The van der Waals surface area contributed by atoms with Gasteiger partial charge in [0.15, 0.2) is 5.65 Å². The topological polar surface area (TPSA) is 56.7 Å². The summed E-state index contributed by atoms with van der Waals surface area (Å²) in [4.78, 5) is 8.96. The molecule has 4 nitrogen and oxygen atoms in total. The van der Waals surface area contributed by atoms with Gasteiger partial charge < -0.3 is 10.3 Å². The fourth-order valence-electron chi connectivity index (χ4n) is 2.36. The number of fused-ring (bicyclic) bond motifs is 1. The molecule has 0 spiro atoms. The Morgan fingerprint density at radius 2 is 2.12 bits per heavy atom. The summed E-state index contributed by atoms with van der Waals surface area (Å²) in [5, 5.41) is 0. The van der Waals surface area contributed by atoms with Crippen LogP contribution < -0.4 is 5.73 Å². The maximum atomic E-state index is 6.26. The first-order valence-corrected chi connectivity index (χ1v) is 5.89. The van der Waals surface area contributed by atoms with Crippen LogP contribution >= 0.6 is 0 Å². The highest BCUT2D eigenvalue weighted by molar-refractivity contribution is 5.77. The van der Waals surface area contributed by atoms with Crippen LogP contribution in [0.15, 0.2) is 18.6 Å². The number of pyridine rings is 1. The molecular formula is C12H14N4. The Labute approximate surface area is 93.5 Å². The van der Waals surface area contributed by atoms with Crippen LogP contribution in [0.4, 0.5) is 0 Å². The minimum absolute atomic E-state index is 0.121. The minimum atomic E-state index is -0.121. The van der Waals surface area contributed by atoms with Crippen molar-refractivity contribution in [2.24, 2.45) is 5.73 Å². The number of aromatic nitrogens is 3. The summed E-state index contributed by atoms with van der Waals surface area (Å²) < 4.78 is 2.20. The lowest BCUT2D eigenvalue weighted by atomic mass is 10.1. The van der Waals surface area contributed by atoms with E-state index in [4.69, 9.17) is 5.73 Å². The highest BCUT2D eigenvalue weighted by atomic mass is 15.1. The fourth-order valence-corrected chi connectivity index (χ4v) is 2.36. The summed E-state index contributed by atoms with van der Waals surface area (Å²) >= 11 is 0. The first-order chi connectivity index (χ1) is 7.78. The Morgan fingerprint density at radius 3 is 2.81 bits per heavy atom. The van der Waals surface area contributed by atoms with Crippen molar-refractivity contribution in [1.82, 2.24) is 14.5 Å². The van der Waals surface area contributed by atoms with E-state index in [0.29, 0.717) is 6.04 Å². The Kier molecular flexibility index (Phi) is 1.43. The average Bonchev–Trinajstić information content (AvgIpc) is 3.21. The number of rotatable bonds is 2. The van der Waals surface area contributed by atoms with E-state index in [-0.39, 0.29) is 5.54 Å². The van der Waals surface area contributed by atoms with Crippen LogP contribution in [0.5, 0.6) is 0 Å². The van der Waals surface area contributed by atoms with E-state index in [1.165, 1.54) is 18.4 Å². The van der Waals surface area contributed by atoms with E-state index in [2.05, 4.69) is 14.5 Å². The van der Waals surface area contributed by atoms with Crippen molar-refractivity contribution in [2.45, 2.75) is 37.3 Å². The third-order valence-corrected chi connectivity index (χ3v) is 3.73. The molecule has 2 fully saturated rings. The van der Waals surface area contributed by atoms with Crippen LogP contribution in [0, 0.1) is 0 Å². The van der Waals surface area contributed by atoms with Crippen LogP contribution in [0.3, 0.4) is 0 Å². The number of nitrogens with two attached hydrogens (primary N) is 1. The Morgan fingerprint density at radius 1 is 1.31 bits per heavy atom. The molecule has 0 bridgehead atoms. The highest BCUT2D eigenvalue weighted by Crippen LogP contribution is 2.45. The number of imidazole rings is 1. The van der Waals surface area contributed by atoms with Crippen LogP contribution in [-0.2, 0) is 5.54 Å². The first kappa shape index (κ1) is 8.70. The molecule has 16 heavy (non-hydrogen) atoms. The molecule has 0 radical (unpaired) electrons. The van der Waals surface area contributed by atoms with Gasteiger partial charge in [-0.3, -0.25) is 0 Å². The third kappa shape index (κ3) is 1.08. The summed E-state index contributed by atoms with van der Waals surface area (Å²) in [5.41, 5.74) is 9.33. The van der Waals surface area contributed by atoms with Crippen molar-refractivity contribution in [3.05, 3.63) is 24.2 Å². The van der Waals surface area contributed by atoms with Gasteiger partial charge in [0, 0.05) is 23.3 Å². The van der Waals surface area contributed by atoms with Gasteiger partial charge in [0.25, 0.3) is 0 Å². The van der Waals surface area contributed by atoms with E-state index in [0.717, 1.165) is 24.0 Å². The zero-order valence-corrected chi connectivity index (χ0v) is 9.06. The average molecular weight is 214 g/mol. The first-order valence-electron chi connectivity index (χ1n) is 5.89. The molecule has 0 aliphatic heterocycles. The molecule has 0 aromatic carbocycles. The molecule has 2 aliphatic carbocycles. The second-order valence-electron chi connectivity index (χ2n) is 5.07. The minimum Gasteiger partial charge on any atom is -0.321 e. The van der Waals surface area contributed by atoms with Crippen LogP contribution in [0.25, 0.3) is 11.2 Å². The zero-order chi connectivity index (χ0) is 10.8. The van der Waals surface area contributed by atoms with Gasteiger partial charge in [-0.2, -0.15) is 0 Å². The fraction of sp³-hybridized carbons (Fsp3) is 0.500.